The van der Waals surface area contributed by atoms with E-state index in [1.165, 1.54) is 0 Å². The topological polar surface area (TPSA) is 72.4 Å². The van der Waals surface area contributed by atoms with Gasteiger partial charge in [0.05, 0.1) is 12.2 Å². The van der Waals surface area contributed by atoms with Crippen LogP contribution in [-0.4, -0.2) is 23.0 Å². The number of ether oxygens (including phenoxy) is 1. The molecule has 0 unspecified atom stereocenters. The summed E-state index contributed by atoms with van der Waals surface area (Å²) in [4.78, 5) is 24.5. The fraction of sp³-hybridized carbons (Fsp3) is 0.238. The molecule has 2 amide bonds. The Kier molecular flexibility index (Phi) is 5.76. The number of carbonyl (C=O) groups excluding carboxylic acids is 2. The number of fused-ring (bicyclic) bond motifs is 1. The number of para-hydroxylation sites is 2. The molecule has 0 aliphatic rings. The number of amides is 2. The summed E-state index contributed by atoms with van der Waals surface area (Å²) >= 11 is 0. The lowest BCUT2D eigenvalue weighted by molar-refractivity contribution is -0.121. The van der Waals surface area contributed by atoms with E-state index >= 15 is 0 Å². The lowest BCUT2D eigenvalue weighted by atomic mass is 10.1. The van der Waals surface area contributed by atoms with E-state index in [1.807, 2.05) is 67.1 Å². The van der Waals surface area contributed by atoms with Crippen molar-refractivity contribution in [2.75, 3.05) is 6.61 Å². The molecule has 0 spiro atoms. The maximum absolute atomic E-state index is 12.4. The summed E-state index contributed by atoms with van der Waals surface area (Å²) in [5, 5.41) is 0.845. The van der Waals surface area contributed by atoms with Gasteiger partial charge in [-0.1, -0.05) is 36.4 Å². The van der Waals surface area contributed by atoms with Gasteiger partial charge in [0.2, 0.25) is 5.91 Å². The van der Waals surface area contributed by atoms with E-state index < -0.39 is 0 Å². The number of nitrogens with zero attached hydrogens (tertiary/aromatic N) is 1. The molecule has 0 saturated carbocycles. The van der Waals surface area contributed by atoms with Crippen LogP contribution in [0.2, 0.25) is 0 Å². The summed E-state index contributed by atoms with van der Waals surface area (Å²) in [6.07, 6.45) is 2.54. The second kappa shape index (κ2) is 8.40. The Morgan fingerprint density at radius 3 is 2.59 bits per heavy atom. The van der Waals surface area contributed by atoms with Gasteiger partial charge in [0.25, 0.3) is 5.91 Å². The van der Waals surface area contributed by atoms with Crippen LogP contribution < -0.4 is 15.6 Å². The third-order valence-corrected chi connectivity index (χ3v) is 4.35. The summed E-state index contributed by atoms with van der Waals surface area (Å²) < 4.78 is 7.45. The van der Waals surface area contributed by atoms with Crippen molar-refractivity contribution in [3.63, 3.8) is 0 Å². The Morgan fingerprint density at radius 1 is 1.04 bits per heavy atom. The molecule has 0 radical (unpaired) electrons. The molecule has 0 bridgehead atoms. The Labute approximate surface area is 158 Å². The van der Waals surface area contributed by atoms with E-state index in [2.05, 4.69) is 10.9 Å². The minimum absolute atomic E-state index is 0.250. The molecule has 1 heterocycles. The third kappa shape index (κ3) is 4.28. The lowest BCUT2D eigenvalue weighted by Gasteiger charge is -2.10. The second-order valence-corrected chi connectivity index (χ2v) is 6.21. The number of hydrogen-bond acceptors (Lipinski definition) is 3. The summed E-state index contributed by atoms with van der Waals surface area (Å²) in [7, 11) is 1.88. The van der Waals surface area contributed by atoms with E-state index in [0.29, 0.717) is 18.6 Å². The second-order valence-electron chi connectivity index (χ2n) is 6.21. The van der Waals surface area contributed by atoms with Crippen molar-refractivity contribution in [1.82, 2.24) is 15.4 Å². The SMILES string of the molecule is CCOc1ccccc1CCC(=O)NNC(=O)c1cn(C)c2ccccc12. The Bertz CT molecular complexity index is 962. The minimum Gasteiger partial charge on any atom is -0.494 e. The molecular weight excluding hydrogens is 342 g/mol. The van der Waals surface area contributed by atoms with Gasteiger partial charge in [-0.15, -0.1) is 0 Å². The average Bonchev–Trinajstić information content (AvgIpc) is 3.03. The number of hydrogen-bond donors (Lipinski definition) is 2. The first kappa shape index (κ1) is 18.5. The maximum atomic E-state index is 12.4. The molecule has 0 atom stereocenters. The van der Waals surface area contributed by atoms with Gasteiger partial charge in [-0.05, 0) is 31.0 Å². The highest BCUT2D eigenvalue weighted by Crippen LogP contribution is 2.20. The minimum atomic E-state index is -0.338. The van der Waals surface area contributed by atoms with Gasteiger partial charge in [0.15, 0.2) is 0 Å². The molecule has 3 aromatic rings. The molecule has 140 valence electrons. The summed E-state index contributed by atoms with van der Waals surface area (Å²) in [6, 6.07) is 15.3. The fourth-order valence-corrected chi connectivity index (χ4v) is 3.03. The largest absolute Gasteiger partial charge is 0.494 e. The number of benzene rings is 2. The van der Waals surface area contributed by atoms with Gasteiger partial charge in [0, 0.05) is 30.6 Å². The number of nitrogens with one attached hydrogen (secondary N) is 2. The molecule has 27 heavy (non-hydrogen) atoms. The lowest BCUT2D eigenvalue weighted by Crippen LogP contribution is -2.41. The molecule has 2 aromatic carbocycles. The van der Waals surface area contributed by atoms with Crippen molar-refractivity contribution < 1.29 is 14.3 Å². The molecule has 3 rings (SSSR count). The molecule has 0 aliphatic carbocycles. The van der Waals surface area contributed by atoms with E-state index in [9.17, 15) is 9.59 Å². The van der Waals surface area contributed by atoms with Crippen LogP contribution in [0, 0.1) is 0 Å². The van der Waals surface area contributed by atoms with Gasteiger partial charge < -0.3 is 9.30 Å². The average molecular weight is 365 g/mol. The zero-order valence-electron chi connectivity index (χ0n) is 15.5. The molecular formula is C21H23N3O3. The first-order valence-electron chi connectivity index (χ1n) is 8.94. The Balaban J connectivity index is 1.57. The first-order valence-corrected chi connectivity index (χ1v) is 8.94. The van der Waals surface area contributed by atoms with Crippen LogP contribution in [0.4, 0.5) is 0 Å². The number of aromatic nitrogens is 1. The Hall–Kier alpha value is -3.28. The summed E-state index contributed by atoms with van der Waals surface area (Å²) in [5.74, 6) is 0.192. The van der Waals surface area contributed by atoms with Crippen molar-refractivity contribution >= 4 is 22.7 Å². The van der Waals surface area contributed by atoms with Crippen LogP contribution in [0.3, 0.4) is 0 Å². The highest BCUT2D eigenvalue weighted by molar-refractivity contribution is 6.07. The van der Waals surface area contributed by atoms with Gasteiger partial charge in [-0.3, -0.25) is 20.4 Å². The normalized spacial score (nSPS) is 10.6. The number of aryl methyl sites for hydroxylation is 2. The quantitative estimate of drug-likeness (QED) is 0.660. The molecule has 0 aliphatic heterocycles. The molecule has 0 saturated heterocycles. The van der Waals surface area contributed by atoms with Crippen LogP contribution in [0.1, 0.15) is 29.3 Å². The van der Waals surface area contributed by atoms with Gasteiger partial charge in [0.1, 0.15) is 5.75 Å². The summed E-state index contributed by atoms with van der Waals surface area (Å²) in [5.41, 5.74) is 7.44. The predicted octanol–water partition coefficient (Wildman–Crippen LogP) is 2.97. The van der Waals surface area contributed by atoms with Gasteiger partial charge in [-0.2, -0.15) is 0 Å². The van der Waals surface area contributed by atoms with Gasteiger partial charge in [-0.25, -0.2) is 0 Å². The third-order valence-electron chi connectivity index (χ3n) is 4.35. The van der Waals surface area contributed by atoms with Crippen LogP contribution in [-0.2, 0) is 18.3 Å². The van der Waals surface area contributed by atoms with Crippen molar-refractivity contribution in [3.8, 4) is 5.75 Å². The van der Waals surface area contributed by atoms with Crippen LogP contribution >= 0.6 is 0 Å². The van der Waals surface area contributed by atoms with Crippen LogP contribution in [0.15, 0.2) is 54.7 Å². The smallest absolute Gasteiger partial charge is 0.271 e. The molecule has 1 aromatic heterocycles. The summed E-state index contributed by atoms with van der Waals surface area (Å²) in [6.45, 7) is 2.50. The zero-order chi connectivity index (χ0) is 19.2. The van der Waals surface area contributed by atoms with E-state index in [1.54, 1.807) is 6.20 Å². The standard InChI is InChI=1S/C21H23N3O3/c1-3-27-19-11-7-4-8-15(19)12-13-20(25)22-23-21(26)17-14-24(2)18-10-6-5-9-16(17)18/h4-11,14H,3,12-13H2,1-2H3,(H,22,25)(H,23,26). The van der Waals surface area contributed by atoms with Crippen molar-refractivity contribution in [1.29, 1.82) is 0 Å². The molecule has 2 N–H and O–H groups in total. The Morgan fingerprint density at radius 2 is 1.78 bits per heavy atom. The highest BCUT2D eigenvalue weighted by atomic mass is 16.5. The maximum Gasteiger partial charge on any atom is 0.271 e. The van der Waals surface area contributed by atoms with Crippen molar-refractivity contribution in [2.45, 2.75) is 19.8 Å². The fourth-order valence-electron chi connectivity index (χ4n) is 3.03. The van der Waals surface area contributed by atoms with E-state index in [4.69, 9.17) is 4.74 Å². The van der Waals surface area contributed by atoms with E-state index in [-0.39, 0.29) is 18.2 Å². The van der Waals surface area contributed by atoms with E-state index in [0.717, 1.165) is 22.2 Å². The predicted molar refractivity (Wildman–Crippen MR) is 104 cm³/mol. The molecule has 6 heteroatoms. The zero-order valence-corrected chi connectivity index (χ0v) is 15.5. The molecule has 0 fully saturated rings. The van der Waals surface area contributed by atoms with Crippen LogP contribution in [0.25, 0.3) is 10.9 Å². The number of rotatable bonds is 6. The number of carbonyl (C=O) groups is 2. The highest BCUT2D eigenvalue weighted by Gasteiger charge is 2.14. The monoisotopic (exact) mass is 365 g/mol. The van der Waals surface area contributed by atoms with Crippen molar-refractivity contribution in [3.05, 3.63) is 65.9 Å². The van der Waals surface area contributed by atoms with Gasteiger partial charge >= 0.3 is 0 Å². The first-order chi connectivity index (χ1) is 13.1. The number of hydrazine groups is 1. The van der Waals surface area contributed by atoms with Crippen LogP contribution in [0.5, 0.6) is 5.75 Å². The molecule has 6 nitrogen and oxygen atoms in total. The van der Waals surface area contributed by atoms with Crippen molar-refractivity contribution in [2.24, 2.45) is 7.05 Å².